The minimum Gasteiger partial charge on any atom is -0.481 e. The van der Waals surface area contributed by atoms with Crippen LogP contribution in [0, 0.1) is 12.3 Å². The van der Waals surface area contributed by atoms with Gasteiger partial charge in [-0.25, -0.2) is 4.98 Å². The summed E-state index contributed by atoms with van der Waals surface area (Å²) in [6.07, 6.45) is 7.69. The number of terminal acetylenes is 1. The minimum absolute atomic E-state index is 0.0948. The van der Waals surface area contributed by atoms with Crippen LogP contribution < -0.4 is 10.3 Å². The summed E-state index contributed by atoms with van der Waals surface area (Å²) < 4.78 is 7.59. The van der Waals surface area contributed by atoms with Crippen LogP contribution in [0.25, 0.3) is 10.9 Å². The summed E-state index contributed by atoms with van der Waals surface area (Å²) >= 11 is 3.41. The van der Waals surface area contributed by atoms with Crippen LogP contribution in [0.15, 0.2) is 56.8 Å². The normalized spacial score (nSPS) is 12.2. The van der Waals surface area contributed by atoms with E-state index in [-0.39, 0.29) is 18.1 Å². The molecule has 3 rings (SSSR count). The largest absolute Gasteiger partial charge is 0.481 e. The van der Waals surface area contributed by atoms with Gasteiger partial charge in [0, 0.05) is 10.4 Å². The summed E-state index contributed by atoms with van der Waals surface area (Å²) in [7, 11) is 0. The molecule has 0 N–H and O–H groups in total. The van der Waals surface area contributed by atoms with Gasteiger partial charge in [-0.05, 0) is 54.4 Å². The Morgan fingerprint density at radius 1 is 1.32 bits per heavy atom. The van der Waals surface area contributed by atoms with Crippen LogP contribution in [0.4, 0.5) is 0 Å². The molecule has 2 aromatic carbocycles. The fourth-order valence-electron chi connectivity index (χ4n) is 2.68. The molecular formula is C22H20BrN3O2. The number of halogens is 1. The molecule has 1 atom stereocenters. The Morgan fingerprint density at radius 2 is 2.07 bits per heavy atom. The standard InChI is InChI=1S/C22H20BrN3O2/c1-4-12-28-18-9-6-16(7-10-18)14-24-26-21(15(3)5-2)25-20-11-8-17(23)13-19(20)22(26)27/h1,6-11,13-15H,5,12H2,2-3H3/t15-/m0/s1. The summed E-state index contributed by atoms with van der Waals surface area (Å²) in [5.41, 5.74) is 1.32. The Kier molecular flexibility index (Phi) is 6.27. The van der Waals surface area contributed by atoms with Crippen LogP contribution in [-0.4, -0.2) is 22.5 Å². The van der Waals surface area contributed by atoms with E-state index in [0.717, 1.165) is 16.5 Å². The fraction of sp³-hybridized carbons (Fsp3) is 0.227. The van der Waals surface area contributed by atoms with Gasteiger partial charge < -0.3 is 4.74 Å². The topological polar surface area (TPSA) is 56.5 Å². The van der Waals surface area contributed by atoms with Crippen molar-refractivity contribution >= 4 is 33.0 Å². The highest BCUT2D eigenvalue weighted by Gasteiger charge is 2.15. The lowest BCUT2D eigenvalue weighted by Crippen LogP contribution is -2.23. The van der Waals surface area contributed by atoms with Crippen LogP contribution in [0.1, 0.15) is 37.6 Å². The highest BCUT2D eigenvalue weighted by Crippen LogP contribution is 2.21. The van der Waals surface area contributed by atoms with E-state index in [0.29, 0.717) is 22.5 Å². The molecule has 3 aromatic rings. The molecule has 0 spiro atoms. The van der Waals surface area contributed by atoms with Gasteiger partial charge in [-0.1, -0.05) is 35.7 Å². The summed E-state index contributed by atoms with van der Waals surface area (Å²) in [4.78, 5) is 17.8. The maximum Gasteiger partial charge on any atom is 0.282 e. The third-order valence-corrected chi connectivity index (χ3v) is 4.90. The van der Waals surface area contributed by atoms with Crippen molar-refractivity contribution in [2.75, 3.05) is 6.61 Å². The predicted molar refractivity (Wildman–Crippen MR) is 116 cm³/mol. The first-order valence-electron chi connectivity index (χ1n) is 8.96. The summed E-state index contributed by atoms with van der Waals surface area (Å²) in [5.74, 6) is 3.85. The van der Waals surface area contributed by atoms with E-state index in [2.05, 4.69) is 33.9 Å². The van der Waals surface area contributed by atoms with Crippen LogP contribution in [-0.2, 0) is 0 Å². The van der Waals surface area contributed by atoms with Gasteiger partial charge in [-0.15, -0.1) is 6.42 Å². The van der Waals surface area contributed by atoms with E-state index in [1.165, 1.54) is 4.68 Å². The fourth-order valence-corrected chi connectivity index (χ4v) is 3.04. The number of hydrogen-bond donors (Lipinski definition) is 0. The number of fused-ring (bicyclic) bond motifs is 1. The third kappa shape index (κ3) is 4.32. The Labute approximate surface area is 172 Å². The molecule has 0 saturated carbocycles. The van der Waals surface area contributed by atoms with Crippen molar-refractivity contribution in [3.63, 3.8) is 0 Å². The number of nitrogens with zero attached hydrogens (tertiary/aromatic N) is 3. The Bertz CT molecular complexity index is 1110. The zero-order chi connectivity index (χ0) is 20.1. The van der Waals surface area contributed by atoms with E-state index in [9.17, 15) is 4.79 Å². The highest BCUT2D eigenvalue weighted by atomic mass is 79.9. The second-order valence-corrected chi connectivity index (χ2v) is 7.28. The average Bonchev–Trinajstić information content (AvgIpc) is 2.72. The van der Waals surface area contributed by atoms with Crippen LogP contribution in [0.2, 0.25) is 0 Å². The number of ether oxygens (including phenoxy) is 1. The van der Waals surface area contributed by atoms with Gasteiger partial charge in [0.1, 0.15) is 18.2 Å². The summed E-state index contributed by atoms with van der Waals surface area (Å²) in [6.45, 7) is 4.32. The zero-order valence-corrected chi connectivity index (χ0v) is 17.3. The van der Waals surface area contributed by atoms with Gasteiger partial charge in [-0.3, -0.25) is 4.79 Å². The van der Waals surface area contributed by atoms with E-state index in [4.69, 9.17) is 16.1 Å². The molecule has 5 nitrogen and oxygen atoms in total. The Morgan fingerprint density at radius 3 is 2.75 bits per heavy atom. The molecule has 6 heteroatoms. The lowest BCUT2D eigenvalue weighted by Gasteiger charge is -2.14. The van der Waals surface area contributed by atoms with E-state index in [1.807, 2.05) is 43.3 Å². The van der Waals surface area contributed by atoms with Crippen molar-refractivity contribution in [1.82, 2.24) is 9.66 Å². The molecule has 0 aliphatic rings. The van der Waals surface area contributed by atoms with Gasteiger partial charge in [0.25, 0.3) is 5.56 Å². The second kappa shape index (κ2) is 8.85. The van der Waals surface area contributed by atoms with Gasteiger partial charge in [0.2, 0.25) is 0 Å². The quantitative estimate of drug-likeness (QED) is 0.419. The molecule has 28 heavy (non-hydrogen) atoms. The number of hydrogen-bond acceptors (Lipinski definition) is 4. The Hall–Kier alpha value is -2.91. The summed E-state index contributed by atoms with van der Waals surface area (Å²) in [5, 5.41) is 4.97. The monoisotopic (exact) mass is 437 g/mol. The third-order valence-electron chi connectivity index (χ3n) is 4.41. The molecule has 0 unspecified atom stereocenters. The molecule has 0 aliphatic carbocycles. The maximum atomic E-state index is 13.1. The first kappa shape index (κ1) is 19.8. The molecule has 0 aliphatic heterocycles. The summed E-state index contributed by atoms with van der Waals surface area (Å²) in [6, 6.07) is 12.8. The zero-order valence-electron chi connectivity index (χ0n) is 15.7. The molecule has 0 radical (unpaired) electrons. The highest BCUT2D eigenvalue weighted by molar-refractivity contribution is 9.10. The van der Waals surface area contributed by atoms with Gasteiger partial charge >= 0.3 is 0 Å². The number of aromatic nitrogens is 2. The van der Waals surface area contributed by atoms with E-state index >= 15 is 0 Å². The van der Waals surface area contributed by atoms with Crippen molar-refractivity contribution in [1.29, 1.82) is 0 Å². The number of rotatable bonds is 6. The second-order valence-electron chi connectivity index (χ2n) is 6.36. The van der Waals surface area contributed by atoms with Gasteiger partial charge in [-0.2, -0.15) is 9.78 Å². The van der Waals surface area contributed by atoms with Crippen molar-refractivity contribution in [3.8, 4) is 18.1 Å². The lowest BCUT2D eigenvalue weighted by atomic mass is 10.1. The molecule has 142 valence electrons. The predicted octanol–water partition coefficient (Wildman–Crippen LogP) is 4.57. The molecule has 0 amide bonds. The smallest absolute Gasteiger partial charge is 0.282 e. The lowest BCUT2D eigenvalue weighted by molar-refractivity contribution is 0.370. The van der Waals surface area contributed by atoms with Crippen molar-refractivity contribution in [2.45, 2.75) is 26.2 Å². The molecule has 1 heterocycles. The minimum atomic E-state index is -0.188. The van der Waals surface area contributed by atoms with Crippen LogP contribution in [0.5, 0.6) is 5.75 Å². The molecule has 0 saturated heterocycles. The first-order chi connectivity index (χ1) is 13.5. The maximum absolute atomic E-state index is 13.1. The Balaban J connectivity index is 2.03. The molecule has 0 fully saturated rings. The van der Waals surface area contributed by atoms with Crippen LogP contribution >= 0.6 is 15.9 Å². The van der Waals surface area contributed by atoms with Gasteiger partial charge in [0.15, 0.2) is 0 Å². The van der Waals surface area contributed by atoms with E-state index in [1.54, 1.807) is 12.3 Å². The van der Waals surface area contributed by atoms with Crippen LogP contribution in [0.3, 0.4) is 0 Å². The van der Waals surface area contributed by atoms with Crippen molar-refractivity contribution in [2.24, 2.45) is 5.10 Å². The van der Waals surface area contributed by atoms with Crippen molar-refractivity contribution in [3.05, 3.63) is 68.7 Å². The SMILES string of the molecule is C#CCOc1ccc(C=Nn2c([C@@H](C)CC)nc3ccc(Br)cc3c2=O)cc1. The molecular weight excluding hydrogens is 418 g/mol. The molecule has 0 bridgehead atoms. The first-order valence-corrected chi connectivity index (χ1v) is 9.75. The van der Waals surface area contributed by atoms with Crippen molar-refractivity contribution < 1.29 is 4.74 Å². The van der Waals surface area contributed by atoms with E-state index < -0.39 is 0 Å². The van der Waals surface area contributed by atoms with Gasteiger partial charge in [0.05, 0.1) is 17.1 Å². The number of benzene rings is 2. The molecule has 1 aromatic heterocycles. The average molecular weight is 438 g/mol.